The monoisotopic (exact) mass is 609 g/mol. The SMILES string of the molecule is CCCCCC[C@H]1C(=O)O[C@@H]1C(=O)NCCCC[C@H](NC(=O)CNC(=O)OCc1ccccc1)C(=O)OCc1ccccc1. The fourth-order valence-electron chi connectivity index (χ4n) is 4.68. The van der Waals surface area contributed by atoms with Crippen molar-refractivity contribution in [1.29, 1.82) is 0 Å². The third-order valence-corrected chi connectivity index (χ3v) is 7.21. The van der Waals surface area contributed by atoms with Crippen molar-refractivity contribution in [2.24, 2.45) is 5.92 Å². The summed E-state index contributed by atoms with van der Waals surface area (Å²) < 4.78 is 15.6. The molecule has 0 unspecified atom stereocenters. The summed E-state index contributed by atoms with van der Waals surface area (Å²) in [5.74, 6) is -2.22. The number of ether oxygens (including phenoxy) is 3. The molecule has 3 N–H and O–H groups in total. The summed E-state index contributed by atoms with van der Waals surface area (Å²) in [6.45, 7) is 2.16. The van der Waals surface area contributed by atoms with Crippen molar-refractivity contribution in [2.75, 3.05) is 13.1 Å². The van der Waals surface area contributed by atoms with Gasteiger partial charge in [0.2, 0.25) is 5.91 Å². The van der Waals surface area contributed by atoms with E-state index >= 15 is 0 Å². The minimum absolute atomic E-state index is 0.0475. The Morgan fingerprint density at radius 1 is 0.818 bits per heavy atom. The zero-order chi connectivity index (χ0) is 31.6. The van der Waals surface area contributed by atoms with Crippen LogP contribution in [-0.2, 0) is 46.6 Å². The van der Waals surface area contributed by atoms with Crippen molar-refractivity contribution < 1.29 is 38.2 Å². The number of rotatable bonds is 19. The summed E-state index contributed by atoms with van der Waals surface area (Å²) in [6.07, 6.45) is 4.49. The van der Waals surface area contributed by atoms with E-state index in [0.717, 1.165) is 36.8 Å². The van der Waals surface area contributed by atoms with Gasteiger partial charge >= 0.3 is 18.0 Å². The number of nitrogens with one attached hydrogen (secondary N) is 3. The molecule has 0 aromatic heterocycles. The number of unbranched alkanes of at least 4 members (excludes halogenated alkanes) is 4. The van der Waals surface area contributed by atoms with Crippen LogP contribution in [0.15, 0.2) is 60.7 Å². The van der Waals surface area contributed by atoms with E-state index in [2.05, 4.69) is 22.9 Å². The van der Waals surface area contributed by atoms with E-state index in [0.29, 0.717) is 25.8 Å². The average molecular weight is 610 g/mol. The van der Waals surface area contributed by atoms with Gasteiger partial charge in [0, 0.05) is 6.54 Å². The second kappa shape index (κ2) is 19.0. The molecule has 0 spiro atoms. The normalized spacial score (nSPS) is 16.1. The first-order chi connectivity index (χ1) is 21.4. The fourth-order valence-corrected chi connectivity index (χ4v) is 4.68. The van der Waals surface area contributed by atoms with Gasteiger partial charge in [0.25, 0.3) is 5.91 Å². The van der Waals surface area contributed by atoms with E-state index in [4.69, 9.17) is 14.2 Å². The van der Waals surface area contributed by atoms with E-state index in [1.165, 1.54) is 0 Å². The molecule has 11 heteroatoms. The summed E-state index contributed by atoms with van der Waals surface area (Å²) in [6, 6.07) is 17.3. The molecule has 1 aliphatic heterocycles. The lowest BCUT2D eigenvalue weighted by atomic mass is 9.90. The number of carbonyl (C=O) groups excluding carboxylic acids is 5. The molecule has 0 saturated carbocycles. The van der Waals surface area contributed by atoms with Crippen molar-refractivity contribution in [3.63, 3.8) is 0 Å². The summed E-state index contributed by atoms with van der Waals surface area (Å²) in [4.78, 5) is 61.8. The Morgan fingerprint density at radius 2 is 1.48 bits per heavy atom. The predicted molar refractivity (Wildman–Crippen MR) is 162 cm³/mol. The van der Waals surface area contributed by atoms with Gasteiger partial charge in [-0.15, -0.1) is 0 Å². The van der Waals surface area contributed by atoms with Crippen molar-refractivity contribution in [3.8, 4) is 0 Å². The molecule has 3 amide bonds. The molecule has 11 nitrogen and oxygen atoms in total. The van der Waals surface area contributed by atoms with Crippen LogP contribution in [0.4, 0.5) is 4.79 Å². The van der Waals surface area contributed by atoms with Gasteiger partial charge in [-0.2, -0.15) is 0 Å². The van der Waals surface area contributed by atoms with Crippen molar-refractivity contribution in [1.82, 2.24) is 16.0 Å². The van der Waals surface area contributed by atoms with Crippen LogP contribution in [-0.4, -0.2) is 55.1 Å². The van der Waals surface area contributed by atoms with E-state index in [-0.39, 0.29) is 38.1 Å². The van der Waals surface area contributed by atoms with E-state index < -0.39 is 36.0 Å². The van der Waals surface area contributed by atoms with Gasteiger partial charge in [0.05, 0.1) is 0 Å². The Bertz CT molecular complexity index is 1210. The minimum Gasteiger partial charge on any atom is -0.459 e. The number of benzene rings is 2. The van der Waals surface area contributed by atoms with Crippen molar-refractivity contribution >= 4 is 29.8 Å². The summed E-state index contributed by atoms with van der Waals surface area (Å²) in [5, 5.41) is 7.81. The first kappa shape index (κ1) is 34.1. The van der Waals surface area contributed by atoms with E-state index in [9.17, 15) is 24.0 Å². The van der Waals surface area contributed by atoms with Crippen LogP contribution < -0.4 is 16.0 Å². The van der Waals surface area contributed by atoms with E-state index in [1.807, 2.05) is 60.7 Å². The Hall–Kier alpha value is -4.41. The maximum atomic E-state index is 12.9. The quantitative estimate of drug-likeness (QED) is 0.123. The highest BCUT2D eigenvalue weighted by Gasteiger charge is 2.46. The highest BCUT2D eigenvalue weighted by Crippen LogP contribution is 2.28. The highest BCUT2D eigenvalue weighted by molar-refractivity contribution is 5.94. The number of hydrogen-bond donors (Lipinski definition) is 3. The van der Waals surface area contributed by atoms with Crippen LogP contribution in [0.5, 0.6) is 0 Å². The Balaban J connectivity index is 1.41. The minimum atomic E-state index is -0.954. The predicted octanol–water partition coefficient (Wildman–Crippen LogP) is 3.94. The molecule has 1 aliphatic rings. The molecule has 0 aliphatic carbocycles. The molecule has 44 heavy (non-hydrogen) atoms. The first-order valence-corrected chi connectivity index (χ1v) is 15.3. The van der Waals surface area contributed by atoms with Gasteiger partial charge in [-0.05, 0) is 36.8 Å². The van der Waals surface area contributed by atoms with Gasteiger partial charge < -0.3 is 30.2 Å². The van der Waals surface area contributed by atoms with Crippen LogP contribution >= 0.6 is 0 Å². The molecular formula is C33H43N3O8. The van der Waals surface area contributed by atoms with Crippen LogP contribution in [0, 0.1) is 5.92 Å². The van der Waals surface area contributed by atoms with E-state index in [1.54, 1.807) is 0 Å². The van der Waals surface area contributed by atoms with Crippen LogP contribution in [0.25, 0.3) is 0 Å². The van der Waals surface area contributed by atoms with Gasteiger partial charge in [0.1, 0.15) is 31.7 Å². The van der Waals surface area contributed by atoms with Crippen LogP contribution in [0.3, 0.4) is 0 Å². The number of esters is 2. The molecule has 3 atom stereocenters. The maximum absolute atomic E-state index is 12.9. The Morgan fingerprint density at radius 3 is 2.11 bits per heavy atom. The van der Waals surface area contributed by atoms with Crippen molar-refractivity contribution in [3.05, 3.63) is 71.8 Å². The number of alkyl carbamates (subject to hydrolysis) is 1. The first-order valence-electron chi connectivity index (χ1n) is 15.3. The molecule has 1 heterocycles. The zero-order valence-electron chi connectivity index (χ0n) is 25.3. The number of amides is 3. The molecule has 1 fully saturated rings. The molecule has 1 saturated heterocycles. The molecular weight excluding hydrogens is 566 g/mol. The topological polar surface area (TPSA) is 149 Å². The number of carbonyl (C=O) groups is 5. The fraction of sp³-hybridized carbons (Fsp3) is 0.485. The highest BCUT2D eigenvalue weighted by atomic mass is 16.6. The van der Waals surface area contributed by atoms with Gasteiger partial charge in [-0.3, -0.25) is 14.4 Å². The summed E-state index contributed by atoms with van der Waals surface area (Å²) in [5.41, 5.74) is 1.61. The maximum Gasteiger partial charge on any atom is 0.407 e. The smallest absolute Gasteiger partial charge is 0.407 e. The van der Waals surface area contributed by atoms with Crippen LogP contribution in [0.2, 0.25) is 0 Å². The third kappa shape index (κ3) is 12.1. The largest absolute Gasteiger partial charge is 0.459 e. The standard InChI is InChI=1S/C33H43N3O8/c1-2-3-4-11-18-26-29(44-31(26)39)30(38)34-20-13-12-19-27(32(40)42-22-24-14-7-5-8-15-24)36-28(37)21-35-33(41)43-23-25-16-9-6-10-17-25/h5-10,14-17,26-27,29H,2-4,11-13,18-23H2,1H3,(H,34,38)(H,35,41)(H,36,37)/t26-,27+,29+/m1/s1. The average Bonchev–Trinajstić information content (AvgIpc) is 3.04. The zero-order valence-corrected chi connectivity index (χ0v) is 25.3. The molecule has 238 valence electrons. The Kier molecular flexibility index (Phi) is 14.7. The molecule has 2 aromatic rings. The number of cyclic esters (lactones) is 1. The second-order valence-corrected chi connectivity index (χ2v) is 10.7. The molecule has 0 bridgehead atoms. The molecule has 2 aromatic carbocycles. The summed E-state index contributed by atoms with van der Waals surface area (Å²) >= 11 is 0. The number of hydrogen-bond acceptors (Lipinski definition) is 8. The third-order valence-electron chi connectivity index (χ3n) is 7.21. The second-order valence-electron chi connectivity index (χ2n) is 10.7. The Labute approximate surface area is 258 Å². The lowest BCUT2D eigenvalue weighted by Gasteiger charge is -2.33. The van der Waals surface area contributed by atoms with Gasteiger partial charge in [0.15, 0.2) is 6.10 Å². The lowest BCUT2D eigenvalue weighted by molar-refractivity contribution is -0.189. The van der Waals surface area contributed by atoms with Crippen LogP contribution in [0.1, 0.15) is 69.4 Å². The summed E-state index contributed by atoms with van der Waals surface area (Å²) in [7, 11) is 0. The van der Waals surface area contributed by atoms with Gasteiger partial charge in [-0.1, -0.05) is 93.3 Å². The molecule has 3 rings (SSSR count). The lowest BCUT2D eigenvalue weighted by Crippen LogP contribution is -2.54. The molecule has 0 radical (unpaired) electrons. The van der Waals surface area contributed by atoms with Gasteiger partial charge in [-0.25, -0.2) is 9.59 Å². The van der Waals surface area contributed by atoms with Crippen molar-refractivity contribution in [2.45, 2.75) is 83.6 Å².